The van der Waals surface area contributed by atoms with Crippen molar-refractivity contribution < 1.29 is 9.34 Å². The first-order valence-electron chi connectivity index (χ1n) is 6.19. The molecule has 7 heteroatoms. The van der Waals surface area contributed by atoms with Crippen molar-refractivity contribution in [2.75, 3.05) is 0 Å². The number of non-ortho nitro benzene ring substituents is 1. The van der Waals surface area contributed by atoms with Gasteiger partial charge in [0.15, 0.2) is 0 Å². The SMILES string of the molecule is O=c1oc2ccc(Br)cc2cc1Sc1ccc([N+](=O)[O-])cc1. The summed E-state index contributed by atoms with van der Waals surface area (Å²) in [6.07, 6.45) is 0. The fourth-order valence-electron chi connectivity index (χ4n) is 1.91. The molecule has 0 fully saturated rings. The molecule has 5 nitrogen and oxygen atoms in total. The predicted molar refractivity (Wildman–Crippen MR) is 87.4 cm³/mol. The van der Waals surface area contributed by atoms with Crippen LogP contribution >= 0.6 is 27.7 Å². The van der Waals surface area contributed by atoms with Crippen molar-refractivity contribution in [1.29, 1.82) is 0 Å². The van der Waals surface area contributed by atoms with Gasteiger partial charge in [-0.2, -0.15) is 0 Å². The molecule has 0 N–H and O–H groups in total. The molecule has 0 amide bonds. The Bertz CT molecular complexity index is 921. The zero-order chi connectivity index (χ0) is 15.7. The summed E-state index contributed by atoms with van der Waals surface area (Å²) < 4.78 is 6.17. The molecule has 0 unspecified atom stereocenters. The molecule has 2 aromatic carbocycles. The summed E-state index contributed by atoms with van der Waals surface area (Å²) in [6.45, 7) is 0. The third kappa shape index (κ3) is 3.05. The van der Waals surface area contributed by atoms with Crippen LogP contribution in [-0.2, 0) is 0 Å². The Balaban J connectivity index is 1.97. The van der Waals surface area contributed by atoms with E-state index in [4.69, 9.17) is 4.42 Å². The smallest absolute Gasteiger partial charge is 0.350 e. The first-order chi connectivity index (χ1) is 10.5. The molecule has 0 radical (unpaired) electrons. The van der Waals surface area contributed by atoms with Crippen LogP contribution in [0.5, 0.6) is 0 Å². The fourth-order valence-corrected chi connectivity index (χ4v) is 3.13. The van der Waals surface area contributed by atoms with Crippen molar-refractivity contribution in [3.63, 3.8) is 0 Å². The molecular formula is C15H8BrNO4S. The minimum atomic E-state index is -0.462. The zero-order valence-corrected chi connectivity index (χ0v) is 13.4. The Morgan fingerprint density at radius 1 is 1.09 bits per heavy atom. The summed E-state index contributed by atoms with van der Waals surface area (Å²) in [4.78, 5) is 23.3. The van der Waals surface area contributed by atoms with E-state index in [0.29, 0.717) is 10.5 Å². The summed E-state index contributed by atoms with van der Waals surface area (Å²) in [5, 5.41) is 11.4. The quantitative estimate of drug-likeness (QED) is 0.378. The van der Waals surface area contributed by atoms with E-state index in [9.17, 15) is 14.9 Å². The first kappa shape index (κ1) is 14.8. The lowest BCUT2D eigenvalue weighted by atomic mass is 10.2. The summed E-state index contributed by atoms with van der Waals surface area (Å²) in [5.41, 5.74) is 0.0956. The summed E-state index contributed by atoms with van der Waals surface area (Å²) in [5.74, 6) is 0. The van der Waals surface area contributed by atoms with E-state index in [2.05, 4.69) is 15.9 Å². The number of rotatable bonds is 3. The van der Waals surface area contributed by atoms with Gasteiger partial charge < -0.3 is 4.42 Å². The van der Waals surface area contributed by atoms with Crippen molar-refractivity contribution in [2.24, 2.45) is 0 Å². The predicted octanol–water partition coefficient (Wildman–Crippen LogP) is 4.61. The van der Waals surface area contributed by atoms with Crippen LogP contribution in [0.15, 0.2) is 72.0 Å². The van der Waals surface area contributed by atoms with Crippen LogP contribution in [0.3, 0.4) is 0 Å². The summed E-state index contributed by atoms with van der Waals surface area (Å²) in [6, 6.07) is 13.1. The molecule has 0 saturated carbocycles. The lowest BCUT2D eigenvalue weighted by Gasteiger charge is -2.03. The van der Waals surface area contributed by atoms with Gasteiger partial charge in [0.2, 0.25) is 0 Å². The van der Waals surface area contributed by atoms with Crippen LogP contribution in [0.1, 0.15) is 0 Å². The molecule has 0 aliphatic heterocycles. The molecule has 0 spiro atoms. The van der Waals surface area contributed by atoms with Crippen LogP contribution in [0.25, 0.3) is 11.0 Å². The number of hydrogen-bond acceptors (Lipinski definition) is 5. The van der Waals surface area contributed by atoms with Gasteiger partial charge in [-0.15, -0.1) is 0 Å². The number of nitro benzene ring substituents is 1. The maximum atomic E-state index is 12.0. The van der Waals surface area contributed by atoms with Gasteiger partial charge in [0.1, 0.15) is 5.58 Å². The third-order valence-corrected chi connectivity index (χ3v) is 4.44. The van der Waals surface area contributed by atoms with Crippen molar-refractivity contribution in [3.05, 3.63) is 73.5 Å². The minimum absolute atomic E-state index is 0.0128. The number of halogens is 1. The molecule has 110 valence electrons. The maximum Gasteiger partial charge on any atom is 0.350 e. The van der Waals surface area contributed by atoms with Crippen molar-refractivity contribution in [2.45, 2.75) is 9.79 Å². The van der Waals surface area contributed by atoms with Crippen LogP contribution in [0, 0.1) is 10.1 Å². The normalized spacial score (nSPS) is 10.8. The molecular weight excluding hydrogens is 370 g/mol. The zero-order valence-electron chi connectivity index (χ0n) is 11.0. The largest absolute Gasteiger partial charge is 0.422 e. The highest BCUT2D eigenvalue weighted by molar-refractivity contribution is 9.10. The Morgan fingerprint density at radius 3 is 2.50 bits per heavy atom. The van der Waals surface area contributed by atoms with Gasteiger partial charge in [0.25, 0.3) is 5.69 Å². The molecule has 22 heavy (non-hydrogen) atoms. The van der Waals surface area contributed by atoms with Gasteiger partial charge in [-0.05, 0) is 36.4 Å². The van der Waals surface area contributed by atoms with E-state index in [1.54, 1.807) is 30.3 Å². The first-order valence-corrected chi connectivity index (χ1v) is 7.79. The van der Waals surface area contributed by atoms with Gasteiger partial charge >= 0.3 is 5.63 Å². The Kier molecular flexibility index (Phi) is 4.00. The Labute approximate surface area is 137 Å². The topological polar surface area (TPSA) is 73.3 Å². The Hall–Kier alpha value is -2.12. The van der Waals surface area contributed by atoms with Gasteiger partial charge in [-0.1, -0.05) is 27.7 Å². The van der Waals surface area contributed by atoms with Gasteiger partial charge in [0.05, 0.1) is 9.82 Å². The second kappa shape index (κ2) is 5.94. The third-order valence-electron chi connectivity index (χ3n) is 2.94. The van der Waals surface area contributed by atoms with Crippen molar-refractivity contribution >= 4 is 44.3 Å². The van der Waals surface area contributed by atoms with E-state index in [-0.39, 0.29) is 5.69 Å². The molecule has 1 aromatic heterocycles. The molecule has 3 aromatic rings. The summed E-state index contributed by atoms with van der Waals surface area (Å²) >= 11 is 4.58. The number of benzene rings is 2. The highest BCUT2D eigenvalue weighted by Gasteiger charge is 2.09. The molecule has 0 atom stereocenters. The van der Waals surface area contributed by atoms with E-state index in [1.807, 2.05) is 6.07 Å². The standard InChI is InChI=1S/C15H8BrNO4S/c16-10-1-6-13-9(7-10)8-14(15(18)21-13)22-12-4-2-11(3-5-12)17(19)20/h1-8H. The van der Waals surface area contributed by atoms with Crippen molar-refractivity contribution in [3.8, 4) is 0 Å². The van der Waals surface area contributed by atoms with Crippen LogP contribution in [0.4, 0.5) is 5.69 Å². The van der Waals surface area contributed by atoms with E-state index < -0.39 is 10.5 Å². The van der Waals surface area contributed by atoms with Crippen LogP contribution in [-0.4, -0.2) is 4.92 Å². The number of hydrogen-bond donors (Lipinski definition) is 0. The average Bonchev–Trinajstić information content (AvgIpc) is 2.49. The highest BCUT2D eigenvalue weighted by Crippen LogP contribution is 2.29. The van der Waals surface area contributed by atoms with E-state index in [1.165, 1.54) is 23.9 Å². The highest BCUT2D eigenvalue weighted by atomic mass is 79.9. The van der Waals surface area contributed by atoms with E-state index >= 15 is 0 Å². The second-order valence-corrected chi connectivity index (χ2v) is 6.46. The molecule has 0 saturated heterocycles. The summed E-state index contributed by atoms with van der Waals surface area (Å²) in [7, 11) is 0. The molecule has 0 aliphatic carbocycles. The number of nitro groups is 1. The lowest BCUT2D eigenvalue weighted by molar-refractivity contribution is -0.384. The van der Waals surface area contributed by atoms with Gasteiger partial charge in [-0.3, -0.25) is 10.1 Å². The molecule has 1 heterocycles. The van der Waals surface area contributed by atoms with E-state index in [0.717, 1.165) is 14.8 Å². The molecule has 3 rings (SSSR count). The van der Waals surface area contributed by atoms with Crippen molar-refractivity contribution in [1.82, 2.24) is 0 Å². The molecule has 0 aliphatic rings. The Morgan fingerprint density at radius 2 is 1.82 bits per heavy atom. The van der Waals surface area contributed by atoms with Gasteiger partial charge in [0, 0.05) is 26.9 Å². The van der Waals surface area contributed by atoms with Gasteiger partial charge in [-0.25, -0.2) is 4.79 Å². The minimum Gasteiger partial charge on any atom is -0.422 e. The molecule has 0 bridgehead atoms. The number of nitrogens with zero attached hydrogens (tertiary/aromatic N) is 1. The maximum absolute atomic E-state index is 12.0. The van der Waals surface area contributed by atoms with Crippen LogP contribution in [0.2, 0.25) is 0 Å². The van der Waals surface area contributed by atoms with Crippen LogP contribution < -0.4 is 5.63 Å². The second-order valence-electron chi connectivity index (χ2n) is 4.43. The monoisotopic (exact) mass is 377 g/mol. The lowest BCUT2D eigenvalue weighted by Crippen LogP contribution is -2.01. The number of fused-ring (bicyclic) bond motifs is 1. The average molecular weight is 378 g/mol. The fraction of sp³-hybridized carbons (Fsp3) is 0.